The summed E-state index contributed by atoms with van der Waals surface area (Å²) in [5.41, 5.74) is 0. The maximum absolute atomic E-state index is 11.7. The summed E-state index contributed by atoms with van der Waals surface area (Å²) < 4.78 is 46.8. The predicted molar refractivity (Wildman–Crippen MR) is 471 cm³/mol. The number of fused-ring (bicyclic) bond motifs is 4. The van der Waals surface area contributed by atoms with E-state index in [4.69, 9.17) is 37.3 Å². The second kappa shape index (κ2) is 45.5. The van der Waals surface area contributed by atoms with Gasteiger partial charge in [0.15, 0.2) is 22.9 Å². The quantitative estimate of drug-likeness (QED) is 0.0110. The van der Waals surface area contributed by atoms with Crippen LogP contribution in [0.15, 0.2) is 103 Å². The van der Waals surface area contributed by atoms with Gasteiger partial charge in [0.1, 0.15) is 30.7 Å². The van der Waals surface area contributed by atoms with E-state index in [-0.39, 0.29) is 101 Å². The van der Waals surface area contributed by atoms with E-state index < -0.39 is 21.9 Å². The molecule has 0 bridgehead atoms. The van der Waals surface area contributed by atoms with Gasteiger partial charge < -0.3 is 47.2 Å². The van der Waals surface area contributed by atoms with Gasteiger partial charge in [-0.1, -0.05) is 171 Å². The van der Waals surface area contributed by atoms with Crippen LogP contribution >= 0.6 is 20.8 Å². The molecule has 0 radical (unpaired) electrons. The molecular weight excluding hydrogens is 1530 g/mol. The van der Waals surface area contributed by atoms with Crippen molar-refractivity contribution in [2.45, 2.75) is 385 Å². The Morgan fingerprint density at radius 1 is 0.469 bits per heavy atom. The monoisotopic (exact) mass is 1680 g/mol. The average Bonchev–Trinajstić information content (AvgIpc) is 1.69. The summed E-state index contributed by atoms with van der Waals surface area (Å²) in [5, 5.41) is 12.0. The fourth-order valence-electron chi connectivity index (χ4n) is 18.8. The number of carbonyl (C=O) groups excluding carboxylic acids is 5. The number of esters is 4. The minimum atomic E-state index is -2.68. The van der Waals surface area contributed by atoms with Crippen molar-refractivity contribution < 1.29 is 66.4 Å². The summed E-state index contributed by atoms with van der Waals surface area (Å²) in [4.78, 5) is 57.3. The summed E-state index contributed by atoms with van der Waals surface area (Å²) in [6.07, 6.45) is 46.0. The number of aldehydes is 1. The zero-order valence-electron chi connectivity index (χ0n) is 72.4. The van der Waals surface area contributed by atoms with Gasteiger partial charge in [-0.3, -0.25) is 19.2 Å². The molecule has 14 nitrogen and oxygen atoms in total. The zero-order valence-corrected chi connectivity index (χ0v) is 76.9. The first-order valence-corrected chi connectivity index (χ1v) is 55.4. The molecule has 9 aliphatic rings. The van der Waals surface area contributed by atoms with Gasteiger partial charge in [-0.2, -0.15) is 0 Å². The van der Waals surface area contributed by atoms with Crippen LogP contribution in [0, 0.1) is 47.3 Å². The van der Waals surface area contributed by atoms with Crippen LogP contribution in [0.1, 0.15) is 294 Å². The Kier molecular flexibility index (Phi) is 38.1. The third-order valence-corrected chi connectivity index (χ3v) is 46.5. The first kappa shape index (κ1) is 94.6. The fraction of sp³-hybridized carbons (Fsp3) is 0.737. The van der Waals surface area contributed by atoms with Crippen LogP contribution in [0.2, 0.25) is 36.3 Å². The van der Waals surface area contributed by atoms with Crippen LogP contribution in [0.3, 0.4) is 0 Å². The van der Waals surface area contributed by atoms with E-state index in [2.05, 4.69) is 214 Å². The van der Waals surface area contributed by atoms with Crippen LogP contribution in [-0.2, 0) is 61.2 Å². The zero-order chi connectivity index (χ0) is 81.9. The Bertz CT molecular complexity index is 3240. The van der Waals surface area contributed by atoms with Gasteiger partial charge in [0.25, 0.3) is 0 Å². The molecule has 12 rings (SSSR count). The van der Waals surface area contributed by atoms with Crippen LogP contribution in [0.4, 0.5) is 0 Å². The van der Waals surface area contributed by atoms with E-state index in [1.54, 1.807) is 0 Å². The summed E-state index contributed by atoms with van der Waals surface area (Å²) >= 11 is 4.52. The number of unbranched alkanes of at least 4 members (excludes halogenated alkanes) is 18. The van der Waals surface area contributed by atoms with Crippen molar-refractivity contribution >= 4 is 83.5 Å². The molecule has 17 atom stereocenters. The topological polar surface area (TPSA) is 179 Å². The summed E-state index contributed by atoms with van der Waals surface area (Å²) in [5.74, 6) is 1.65. The van der Waals surface area contributed by atoms with E-state index in [0.717, 1.165) is 57.6 Å². The molecule has 5 aliphatic heterocycles. The van der Waals surface area contributed by atoms with Gasteiger partial charge in [0.05, 0.1) is 50.1 Å². The van der Waals surface area contributed by atoms with Crippen LogP contribution in [0.25, 0.3) is 0 Å². The Hall–Kier alpha value is -3.91. The van der Waals surface area contributed by atoms with Crippen molar-refractivity contribution in [2.75, 3.05) is 12.8 Å². The standard InChI is InChI=1S/C25H30BrP.C21H38O3Si.C20H34O4.C15H26O3.C14H24O4Si/c1-2-3-4-5-15-22-27(26,23-16-9-6-10-17-23,24-18-11-7-12-19-24)25-20-13-8-14-21-25;1-7-8-9-10-11-12-13-16-17-14-20(22)23-18(17)15-19(16)24-25(5,6)21(2,3)4;1-2-3-4-5-6-7-10-15-16-13-19(21)23-18(16)14-17(15)24-20-11-8-9-12-22-20;1-2-3-4-5-6-7-8-11-12-9-15(17)18-14(12)10-13(11)16;1-14(2,3)19(4,5)18-12-7-11-9(10(12)8-15)6-13(16)17-11/h6-14,16-21H,2-5,15,22H2,1H3;12-13,16-19H,7-11,14-15H2,1-6H3;15-18,20H,2-14H2,1H3;11-14,16H,2-10H2,1H3;8-12H,6-7H2,1-5H3/t;16-,17-,18?,19-;15-,16-,17-,18?,20?;11-,12-,13-,14?;9-,10-,11?,12-/m.1111/s1. The van der Waals surface area contributed by atoms with Gasteiger partial charge in [-0.25, -0.2) is 0 Å². The number of hydrogen-bond donors (Lipinski definition) is 1. The molecule has 1 N–H and O–H groups in total. The number of rotatable bonds is 36. The fourth-order valence-corrected chi connectivity index (χ4v) is 29.3. The molecule has 9 fully saturated rings. The van der Waals surface area contributed by atoms with Crippen molar-refractivity contribution in [1.29, 1.82) is 0 Å². The normalized spacial score (nSPS) is 28.8. The molecule has 4 aliphatic carbocycles. The van der Waals surface area contributed by atoms with E-state index in [0.29, 0.717) is 74.0 Å². The summed E-state index contributed by atoms with van der Waals surface area (Å²) in [6.45, 7) is 32.3. The Morgan fingerprint density at radius 3 is 1.27 bits per heavy atom. The van der Waals surface area contributed by atoms with Crippen molar-refractivity contribution in [2.24, 2.45) is 47.3 Å². The molecule has 5 saturated heterocycles. The molecular formula is C95H152BrO14PSi2. The van der Waals surface area contributed by atoms with Crippen molar-refractivity contribution in [3.63, 3.8) is 0 Å². The van der Waals surface area contributed by atoms with Gasteiger partial charge in [0.2, 0.25) is 0 Å². The summed E-state index contributed by atoms with van der Waals surface area (Å²) in [7, 11) is -3.71. The number of aliphatic hydroxyl groups is 1. The maximum atomic E-state index is 11.7. The second-order valence-electron chi connectivity index (χ2n) is 37.7. The number of allylic oxidation sites excluding steroid dienone is 1. The van der Waals surface area contributed by atoms with Crippen molar-refractivity contribution in [3.8, 4) is 0 Å². The first-order chi connectivity index (χ1) is 54.0. The molecule has 0 amide bonds. The van der Waals surface area contributed by atoms with Crippen molar-refractivity contribution in [1.82, 2.24) is 0 Å². The number of benzene rings is 3. The third kappa shape index (κ3) is 26.3. The molecule has 636 valence electrons. The third-order valence-electron chi connectivity index (χ3n) is 27.5. The van der Waals surface area contributed by atoms with Gasteiger partial charge >= 0.3 is 197 Å². The van der Waals surface area contributed by atoms with E-state index in [1.807, 2.05) is 0 Å². The average molecular weight is 1690 g/mol. The van der Waals surface area contributed by atoms with Gasteiger partial charge in [-0.15, -0.1) is 0 Å². The van der Waals surface area contributed by atoms with Gasteiger partial charge in [-0.05, 0) is 93.0 Å². The summed E-state index contributed by atoms with van der Waals surface area (Å²) in [6, 6.07) is 33.4. The number of aliphatic hydroxyl groups excluding tert-OH is 1. The molecule has 5 unspecified atom stereocenters. The Balaban J connectivity index is 0.000000178. The Morgan fingerprint density at radius 2 is 0.841 bits per heavy atom. The van der Waals surface area contributed by atoms with Crippen molar-refractivity contribution in [3.05, 3.63) is 103 Å². The number of halogens is 1. The molecule has 113 heavy (non-hydrogen) atoms. The Labute approximate surface area is 694 Å². The van der Waals surface area contributed by atoms with E-state index in [1.165, 1.54) is 164 Å². The molecule has 4 saturated carbocycles. The van der Waals surface area contributed by atoms with Crippen LogP contribution in [0.5, 0.6) is 0 Å². The number of hydrogen-bond acceptors (Lipinski definition) is 14. The van der Waals surface area contributed by atoms with E-state index in [9.17, 15) is 29.1 Å². The number of carbonyl (C=O) groups is 5. The molecule has 3 aromatic carbocycles. The SMILES string of the molecule is CC(C)(C)[Si](C)(C)O[C@@H]1CC2OC(=O)C[C@@H]2[C@H]1C=O.CCCCCCC=C[C@H]1[C@H](O[Si](C)(C)C(C)(C)C)CC2OC(=O)C[C@@H]21.CCCCCCCC[C@H]1[C@H](O)CC2OC(=O)C[C@@H]21.CCCCCCCC[C@H]1[C@H](OC2CCCCO2)CC2OC(=O)C[C@@H]21.CCCCCCCP(Br)(c1ccccc1)(c1ccccc1)c1ccccc1. The molecule has 0 spiro atoms. The predicted octanol–water partition coefficient (Wildman–Crippen LogP) is 22.8. The molecule has 5 heterocycles. The molecule has 18 heteroatoms. The second-order valence-corrected chi connectivity index (χ2v) is 56.3. The molecule has 3 aromatic rings. The first-order valence-electron chi connectivity index (χ1n) is 45.1. The molecule has 0 aromatic heterocycles. The van der Waals surface area contributed by atoms with Gasteiger partial charge in [0, 0.05) is 67.8 Å². The number of ether oxygens (including phenoxy) is 6. The van der Waals surface area contributed by atoms with Crippen LogP contribution in [-0.4, -0.2) is 120 Å². The van der Waals surface area contributed by atoms with E-state index >= 15 is 0 Å². The minimum absolute atomic E-state index is 0.00897. The van der Waals surface area contributed by atoms with Crippen LogP contribution < -0.4 is 15.9 Å².